The Kier molecular flexibility index (Phi) is 6.98. The first-order chi connectivity index (χ1) is 11.6. The van der Waals surface area contributed by atoms with Crippen LogP contribution in [0.3, 0.4) is 0 Å². The standard InChI is InChI=1S/C21H30N2O/c1-16(2)11-14-24-20-10-6-9-19(15-20)22-12-13-23-21-17(3)7-5-8-18(21)4/h5-10,15-16,22-23H,11-14H2,1-4H3. The Morgan fingerprint density at radius 1 is 0.917 bits per heavy atom. The van der Waals surface area contributed by atoms with Crippen molar-refractivity contribution in [2.45, 2.75) is 34.1 Å². The summed E-state index contributed by atoms with van der Waals surface area (Å²) >= 11 is 0. The van der Waals surface area contributed by atoms with E-state index in [9.17, 15) is 0 Å². The highest BCUT2D eigenvalue weighted by molar-refractivity contribution is 5.56. The summed E-state index contributed by atoms with van der Waals surface area (Å²) in [7, 11) is 0. The van der Waals surface area contributed by atoms with Crippen LogP contribution >= 0.6 is 0 Å². The summed E-state index contributed by atoms with van der Waals surface area (Å²) in [5, 5.41) is 6.97. The van der Waals surface area contributed by atoms with Gasteiger partial charge in [-0.25, -0.2) is 0 Å². The van der Waals surface area contributed by atoms with E-state index in [1.165, 1.54) is 16.8 Å². The van der Waals surface area contributed by atoms with Crippen LogP contribution in [0.15, 0.2) is 42.5 Å². The molecule has 0 fully saturated rings. The third kappa shape index (κ3) is 5.80. The van der Waals surface area contributed by atoms with Crippen LogP contribution in [-0.2, 0) is 0 Å². The molecule has 24 heavy (non-hydrogen) atoms. The number of para-hydroxylation sites is 1. The fourth-order valence-electron chi connectivity index (χ4n) is 2.60. The molecular weight excluding hydrogens is 296 g/mol. The quantitative estimate of drug-likeness (QED) is 0.617. The van der Waals surface area contributed by atoms with E-state index < -0.39 is 0 Å². The lowest BCUT2D eigenvalue weighted by atomic mass is 10.1. The predicted octanol–water partition coefficient (Wildman–Crippen LogP) is 5.25. The zero-order valence-corrected chi connectivity index (χ0v) is 15.4. The van der Waals surface area contributed by atoms with Crippen LogP contribution in [0.1, 0.15) is 31.4 Å². The molecule has 0 aliphatic heterocycles. The zero-order chi connectivity index (χ0) is 17.4. The van der Waals surface area contributed by atoms with Crippen LogP contribution in [0.5, 0.6) is 5.75 Å². The molecule has 130 valence electrons. The van der Waals surface area contributed by atoms with E-state index in [0.29, 0.717) is 5.92 Å². The highest BCUT2D eigenvalue weighted by Crippen LogP contribution is 2.20. The third-order valence-corrected chi connectivity index (χ3v) is 4.03. The molecule has 0 radical (unpaired) electrons. The molecule has 3 nitrogen and oxygen atoms in total. The van der Waals surface area contributed by atoms with Gasteiger partial charge in [-0.15, -0.1) is 0 Å². The second-order valence-corrected chi connectivity index (χ2v) is 6.68. The molecule has 0 amide bonds. The maximum Gasteiger partial charge on any atom is 0.121 e. The van der Waals surface area contributed by atoms with Gasteiger partial charge in [-0.1, -0.05) is 38.1 Å². The number of hydrogen-bond acceptors (Lipinski definition) is 3. The summed E-state index contributed by atoms with van der Waals surface area (Å²) in [6.45, 7) is 11.2. The minimum absolute atomic E-state index is 0.669. The van der Waals surface area contributed by atoms with Gasteiger partial charge in [0.15, 0.2) is 0 Å². The van der Waals surface area contributed by atoms with E-state index in [1.54, 1.807) is 0 Å². The second-order valence-electron chi connectivity index (χ2n) is 6.68. The average molecular weight is 326 g/mol. The lowest BCUT2D eigenvalue weighted by molar-refractivity contribution is 0.289. The van der Waals surface area contributed by atoms with Crippen LogP contribution in [0.4, 0.5) is 11.4 Å². The molecule has 0 unspecified atom stereocenters. The Balaban J connectivity index is 1.78. The molecule has 0 aliphatic carbocycles. The molecule has 2 rings (SSSR count). The van der Waals surface area contributed by atoms with Gasteiger partial charge >= 0.3 is 0 Å². The molecule has 0 saturated carbocycles. The summed E-state index contributed by atoms with van der Waals surface area (Å²) in [6.07, 6.45) is 1.08. The topological polar surface area (TPSA) is 33.3 Å². The van der Waals surface area contributed by atoms with E-state index in [-0.39, 0.29) is 0 Å². The molecule has 0 saturated heterocycles. The lowest BCUT2D eigenvalue weighted by Gasteiger charge is -2.14. The molecule has 2 N–H and O–H groups in total. The van der Waals surface area contributed by atoms with Crippen molar-refractivity contribution >= 4 is 11.4 Å². The SMILES string of the molecule is Cc1cccc(C)c1NCCNc1cccc(OCCC(C)C)c1. The molecule has 3 heteroatoms. The normalized spacial score (nSPS) is 10.7. The number of ether oxygens (including phenoxy) is 1. The maximum atomic E-state index is 5.81. The van der Waals surface area contributed by atoms with Gasteiger partial charge in [0.2, 0.25) is 0 Å². The first-order valence-corrected chi connectivity index (χ1v) is 8.83. The van der Waals surface area contributed by atoms with Crippen molar-refractivity contribution in [3.05, 3.63) is 53.6 Å². The first-order valence-electron chi connectivity index (χ1n) is 8.83. The van der Waals surface area contributed by atoms with Crippen molar-refractivity contribution in [1.82, 2.24) is 0 Å². The number of anilines is 2. The summed E-state index contributed by atoms with van der Waals surface area (Å²) in [4.78, 5) is 0. The molecule has 2 aromatic carbocycles. The number of aryl methyl sites for hydroxylation is 2. The highest BCUT2D eigenvalue weighted by atomic mass is 16.5. The van der Waals surface area contributed by atoms with E-state index in [0.717, 1.165) is 37.6 Å². The van der Waals surface area contributed by atoms with Gasteiger partial charge in [0.25, 0.3) is 0 Å². The van der Waals surface area contributed by atoms with Crippen LogP contribution in [-0.4, -0.2) is 19.7 Å². The summed E-state index contributed by atoms with van der Waals surface area (Å²) in [6, 6.07) is 14.6. The number of rotatable bonds is 9. The van der Waals surface area contributed by atoms with E-state index in [1.807, 2.05) is 12.1 Å². The molecule has 0 heterocycles. The number of hydrogen-bond donors (Lipinski definition) is 2. The highest BCUT2D eigenvalue weighted by Gasteiger charge is 2.01. The van der Waals surface area contributed by atoms with Crippen molar-refractivity contribution in [2.75, 3.05) is 30.3 Å². The minimum atomic E-state index is 0.669. The van der Waals surface area contributed by atoms with Crippen molar-refractivity contribution in [1.29, 1.82) is 0 Å². The van der Waals surface area contributed by atoms with Gasteiger partial charge in [-0.3, -0.25) is 0 Å². The summed E-state index contributed by atoms with van der Waals surface area (Å²) < 4.78 is 5.81. The third-order valence-electron chi connectivity index (χ3n) is 4.03. The monoisotopic (exact) mass is 326 g/mol. The van der Waals surface area contributed by atoms with Gasteiger partial charge < -0.3 is 15.4 Å². The van der Waals surface area contributed by atoms with Crippen LogP contribution in [0.2, 0.25) is 0 Å². The maximum absolute atomic E-state index is 5.81. The van der Waals surface area contributed by atoms with Gasteiger partial charge in [0.1, 0.15) is 5.75 Å². The molecule has 0 atom stereocenters. The summed E-state index contributed by atoms with van der Waals surface area (Å²) in [5.74, 6) is 1.60. The van der Waals surface area contributed by atoms with E-state index in [2.05, 4.69) is 68.7 Å². The Morgan fingerprint density at radius 2 is 1.58 bits per heavy atom. The van der Waals surface area contributed by atoms with Crippen molar-refractivity contribution < 1.29 is 4.74 Å². The zero-order valence-electron chi connectivity index (χ0n) is 15.4. The molecule has 0 spiro atoms. The van der Waals surface area contributed by atoms with Crippen molar-refractivity contribution in [2.24, 2.45) is 5.92 Å². The van der Waals surface area contributed by atoms with E-state index in [4.69, 9.17) is 4.74 Å². The first kappa shape index (κ1) is 18.2. The Morgan fingerprint density at radius 3 is 2.29 bits per heavy atom. The number of benzene rings is 2. The van der Waals surface area contributed by atoms with Gasteiger partial charge in [-0.2, -0.15) is 0 Å². The Bertz CT molecular complexity index is 617. The largest absolute Gasteiger partial charge is 0.494 e. The average Bonchev–Trinajstić information content (AvgIpc) is 2.54. The molecular formula is C21H30N2O. The molecule has 0 aromatic heterocycles. The lowest BCUT2D eigenvalue weighted by Crippen LogP contribution is -2.14. The molecule has 2 aromatic rings. The molecule has 0 bridgehead atoms. The summed E-state index contributed by atoms with van der Waals surface area (Å²) in [5.41, 5.74) is 4.91. The predicted molar refractivity (Wildman–Crippen MR) is 104 cm³/mol. The fraction of sp³-hybridized carbons (Fsp3) is 0.429. The van der Waals surface area contributed by atoms with Crippen molar-refractivity contribution in [3.8, 4) is 5.75 Å². The van der Waals surface area contributed by atoms with E-state index >= 15 is 0 Å². The fourth-order valence-corrected chi connectivity index (χ4v) is 2.60. The van der Waals surface area contributed by atoms with Crippen LogP contribution < -0.4 is 15.4 Å². The van der Waals surface area contributed by atoms with Crippen LogP contribution in [0.25, 0.3) is 0 Å². The Hall–Kier alpha value is -2.16. The smallest absolute Gasteiger partial charge is 0.121 e. The number of nitrogens with one attached hydrogen (secondary N) is 2. The van der Waals surface area contributed by atoms with Gasteiger partial charge in [-0.05, 0) is 49.4 Å². The van der Waals surface area contributed by atoms with Crippen molar-refractivity contribution in [3.63, 3.8) is 0 Å². The molecule has 0 aliphatic rings. The van der Waals surface area contributed by atoms with Gasteiger partial charge in [0.05, 0.1) is 6.61 Å². The van der Waals surface area contributed by atoms with Crippen LogP contribution in [0, 0.1) is 19.8 Å². The minimum Gasteiger partial charge on any atom is -0.494 e. The Labute approximate surface area is 146 Å². The van der Waals surface area contributed by atoms with Gasteiger partial charge in [0, 0.05) is 30.5 Å². The second kappa shape index (κ2) is 9.21.